The van der Waals surface area contributed by atoms with Crippen LogP contribution in [0.15, 0.2) is 0 Å². The van der Waals surface area contributed by atoms with Crippen molar-refractivity contribution in [2.45, 2.75) is 70.1 Å². The second-order valence-electron chi connectivity index (χ2n) is 4.66. The predicted octanol–water partition coefficient (Wildman–Crippen LogP) is 1.83. The molecule has 0 amide bonds. The van der Waals surface area contributed by atoms with Crippen LogP contribution < -0.4 is 0 Å². The quantitative estimate of drug-likeness (QED) is 0.648. The van der Waals surface area contributed by atoms with E-state index in [0.29, 0.717) is 6.10 Å². The molecule has 1 N–H and O–H groups in total. The van der Waals surface area contributed by atoms with E-state index < -0.39 is 0 Å². The fourth-order valence-electron chi connectivity index (χ4n) is 2.49. The Labute approximate surface area is 85.4 Å². The molecule has 0 saturated carbocycles. The SMILES string of the molecule is C[C@@H]1O[C@]2(CCC[C@H](C)O2)CC[C@@H]1O. The van der Waals surface area contributed by atoms with Gasteiger partial charge in [-0.05, 0) is 33.1 Å². The first kappa shape index (κ1) is 10.4. The zero-order valence-electron chi connectivity index (χ0n) is 9.03. The standard InChI is InChI=1S/C11H20O3/c1-8-4-3-6-11(13-8)7-5-10(12)9(2)14-11/h8-10,12H,3-7H2,1-2H3/t8-,9-,10-,11+/m0/s1. The second-order valence-corrected chi connectivity index (χ2v) is 4.66. The molecular formula is C11H20O3. The van der Waals surface area contributed by atoms with Gasteiger partial charge < -0.3 is 14.6 Å². The number of aliphatic hydroxyl groups excluding tert-OH is 1. The largest absolute Gasteiger partial charge is 0.390 e. The van der Waals surface area contributed by atoms with Crippen LogP contribution in [0.2, 0.25) is 0 Å². The van der Waals surface area contributed by atoms with E-state index in [1.807, 2.05) is 6.92 Å². The normalized spacial score (nSPS) is 49.5. The van der Waals surface area contributed by atoms with Crippen LogP contribution >= 0.6 is 0 Å². The van der Waals surface area contributed by atoms with Gasteiger partial charge in [-0.25, -0.2) is 0 Å². The summed E-state index contributed by atoms with van der Waals surface area (Å²) in [5.74, 6) is -0.379. The van der Waals surface area contributed by atoms with Gasteiger partial charge in [0.05, 0.1) is 18.3 Å². The molecule has 0 aromatic carbocycles. The molecule has 0 aromatic rings. The lowest BCUT2D eigenvalue weighted by molar-refractivity contribution is -0.323. The lowest BCUT2D eigenvalue weighted by Gasteiger charge is -2.46. The first-order valence-corrected chi connectivity index (χ1v) is 5.65. The molecule has 1 spiro atoms. The van der Waals surface area contributed by atoms with E-state index in [9.17, 15) is 5.11 Å². The van der Waals surface area contributed by atoms with Gasteiger partial charge in [0.2, 0.25) is 0 Å². The summed E-state index contributed by atoms with van der Waals surface area (Å²) in [7, 11) is 0. The Balaban J connectivity index is 2.01. The minimum absolute atomic E-state index is 0.0888. The minimum Gasteiger partial charge on any atom is -0.390 e. The Bertz CT molecular complexity index is 207. The lowest BCUT2D eigenvalue weighted by Crippen LogP contribution is -2.50. The fraction of sp³-hybridized carbons (Fsp3) is 1.00. The maximum Gasteiger partial charge on any atom is 0.169 e. The zero-order chi connectivity index (χ0) is 10.2. The third kappa shape index (κ3) is 1.95. The number of ether oxygens (including phenoxy) is 2. The van der Waals surface area contributed by atoms with Crippen LogP contribution in [0.3, 0.4) is 0 Å². The van der Waals surface area contributed by atoms with E-state index >= 15 is 0 Å². The van der Waals surface area contributed by atoms with E-state index in [1.165, 1.54) is 6.42 Å². The monoisotopic (exact) mass is 200 g/mol. The van der Waals surface area contributed by atoms with Gasteiger partial charge >= 0.3 is 0 Å². The van der Waals surface area contributed by atoms with Crippen molar-refractivity contribution in [3.05, 3.63) is 0 Å². The lowest BCUT2D eigenvalue weighted by atomic mass is 9.92. The number of rotatable bonds is 0. The van der Waals surface area contributed by atoms with Gasteiger partial charge in [-0.3, -0.25) is 0 Å². The molecule has 0 unspecified atom stereocenters. The maximum atomic E-state index is 9.58. The average Bonchev–Trinajstić information content (AvgIpc) is 2.12. The summed E-state index contributed by atoms with van der Waals surface area (Å²) in [6.45, 7) is 4.02. The molecule has 2 saturated heterocycles. The van der Waals surface area contributed by atoms with Gasteiger partial charge in [-0.15, -0.1) is 0 Å². The summed E-state index contributed by atoms with van der Waals surface area (Å²) >= 11 is 0. The Morgan fingerprint density at radius 2 is 1.93 bits per heavy atom. The van der Waals surface area contributed by atoms with Crippen molar-refractivity contribution in [1.82, 2.24) is 0 Å². The molecule has 2 heterocycles. The Kier molecular flexibility index (Phi) is 2.82. The van der Waals surface area contributed by atoms with Crippen molar-refractivity contribution in [2.75, 3.05) is 0 Å². The second kappa shape index (κ2) is 3.80. The fourth-order valence-corrected chi connectivity index (χ4v) is 2.49. The summed E-state index contributed by atoms with van der Waals surface area (Å²) in [4.78, 5) is 0. The zero-order valence-corrected chi connectivity index (χ0v) is 9.03. The van der Waals surface area contributed by atoms with Crippen LogP contribution in [0.4, 0.5) is 0 Å². The summed E-state index contributed by atoms with van der Waals surface area (Å²) in [6.07, 6.45) is 4.80. The van der Waals surface area contributed by atoms with Gasteiger partial charge in [0.1, 0.15) is 0 Å². The molecule has 2 fully saturated rings. The molecule has 3 nitrogen and oxygen atoms in total. The van der Waals surface area contributed by atoms with Crippen molar-refractivity contribution in [1.29, 1.82) is 0 Å². The minimum atomic E-state index is -0.379. The molecule has 0 aromatic heterocycles. The van der Waals surface area contributed by atoms with Crippen LogP contribution in [-0.2, 0) is 9.47 Å². The summed E-state index contributed by atoms with van der Waals surface area (Å²) in [5.41, 5.74) is 0. The molecule has 4 atom stereocenters. The van der Waals surface area contributed by atoms with E-state index in [1.54, 1.807) is 0 Å². The van der Waals surface area contributed by atoms with E-state index in [4.69, 9.17) is 9.47 Å². The molecule has 0 radical (unpaired) electrons. The first-order valence-electron chi connectivity index (χ1n) is 5.65. The van der Waals surface area contributed by atoms with Crippen LogP contribution in [0, 0.1) is 0 Å². The molecule has 0 bridgehead atoms. The van der Waals surface area contributed by atoms with Crippen LogP contribution in [0.1, 0.15) is 46.0 Å². The smallest absolute Gasteiger partial charge is 0.169 e. The van der Waals surface area contributed by atoms with Gasteiger partial charge in [-0.2, -0.15) is 0 Å². The molecule has 14 heavy (non-hydrogen) atoms. The number of aliphatic hydroxyl groups is 1. The highest BCUT2D eigenvalue weighted by atomic mass is 16.7. The average molecular weight is 200 g/mol. The third-order valence-electron chi connectivity index (χ3n) is 3.35. The van der Waals surface area contributed by atoms with Gasteiger partial charge in [-0.1, -0.05) is 0 Å². The number of hydrogen-bond donors (Lipinski definition) is 1. The van der Waals surface area contributed by atoms with Gasteiger partial charge in [0, 0.05) is 12.8 Å². The summed E-state index contributed by atoms with van der Waals surface area (Å²) in [5, 5.41) is 9.58. The Hall–Kier alpha value is -0.120. The van der Waals surface area contributed by atoms with E-state index in [0.717, 1.165) is 25.7 Å². The summed E-state index contributed by atoms with van der Waals surface area (Å²) in [6, 6.07) is 0. The molecule has 3 heteroatoms. The Morgan fingerprint density at radius 1 is 1.14 bits per heavy atom. The van der Waals surface area contributed by atoms with E-state index in [-0.39, 0.29) is 18.0 Å². The highest BCUT2D eigenvalue weighted by molar-refractivity contribution is 4.85. The van der Waals surface area contributed by atoms with Crippen molar-refractivity contribution in [3.63, 3.8) is 0 Å². The van der Waals surface area contributed by atoms with E-state index in [2.05, 4.69) is 6.92 Å². The van der Waals surface area contributed by atoms with Crippen molar-refractivity contribution < 1.29 is 14.6 Å². The van der Waals surface area contributed by atoms with Crippen LogP contribution in [-0.4, -0.2) is 29.2 Å². The Morgan fingerprint density at radius 3 is 2.57 bits per heavy atom. The summed E-state index contributed by atoms with van der Waals surface area (Å²) < 4.78 is 11.7. The van der Waals surface area contributed by atoms with Gasteiger partial charge in [0.15, 0.2) is 5.79 Å². The van der Waals surface area contributed by atoms with Crippen molar-refractivity contribution in [3.8, 4) is 0 Å². The van der Waals surface area contributed by atoms with Crippen LogP contribution in [0.5, 0.6) is 0 Å². The van der Waals surface area contributed by atoms with Crippen molar-refractivity contribution in [2.24, 2.45) is 0 Å². The highest BCUT2D eigenvalue weighted by Gasteiger charge is 2.43. The van der Waals surface area contributed by atoms with Crippen LogP contribution in [0.25, 0.3) is 0 Å². The third-order valence-corrected chi connectivity index (χ3v) is 3.35. The highest BCUT2D eigenvalue weighted by Crippen LogP contribution is 2.38. The first-order chi connectivity index (χ1) is 6.61. The molecule has 82 valence electrons. The maximum absolute atomic E-state index is 9.58. The molecule has 2 aliphatic heterocycles. The molecule has 2 aliphatic rings. The molecule has 0 aliphatic carbocycles. The van der Waals surface area contributed by atoms with Crippen molar-refractivity contribution >= 4 is 0 Å². The molecular weight excluding hydrogens is 180 g/mol. The molecule has 2 rings (SSSR count). The van der Waals surface area contributed by atoms with Gasteiger partial charge in [0.25, 0.3) is 0 Å². The topological polar surface area (TPSA) is 38.7 Å². The number of hydrogen-bond acceptors (Lipinski definition) is 3. The predicted molar refractivity (Wildman–Crippen MR) is 52.9 cm³/mol.